The van der Waals surface area contributed by atoms with Gasteiger partial charge in [-0.3, -0.25) is 4.79 Å². The average molecular weight is 142 g/mol. The summed E-state index contributed by atoms with van der Waals surface area (Å²) in [6, 6.07) is 0. The molecule has 1 heterocycles. The lowest BCUT2D eigenvalue weighted by Crippen LogP contribution is -2.33. The Labute approximate surface area is 59.3 Å². The smallest absolute Gasteiger partial charge is 0.306 e. The van der Waals surface area contributed by atoms with Crippen molar-refractivity contribution in [3.05, 3.63) is 12.7 Å². The molecule has 1 saturated heterocycles. The van der Waals surface area contributed by atoms with Crippen LogP contribution in [0.2, 0.25) is 0 Å². The number of carbonyl (C=O) groups excluding carboxylic acids is 1. The highest BCUT2D eigenvalue weighted by Crippen LogP contribution is 2.16. The van der Waals surface area contributed by atoms with Gasteiger partial charge in [0.25, 0.3) is 0 Å². The molecule has 56 valence electrons. The van der Waals surface area contributed by atoms with E-state index in [1.54, 1.807) is 6.08 Å². The van der Waals surface area contributed by atoms with Crippen molar-refractivity contribution in [2.24, 2.45) is 5.92 Å². The fraction of sp³-hybridized carbons (Fsp3) is 0.571. The van der Waals surface area contributed by atoms with Crippen LogP contribution in [0.4, 0.5) is 0 Å². The van der Waals surface area contributed by atoms with Gasteiger partial charge in [0.05, 0.1) is 12.5 Å². The molecule has 0 aliphatic carbocycles. The van der Waals surface area contributed by atoms with E-state index in [1.165, 1.54) is 0 Å². The van der Waals surface area contributed by atoms with Crippen LogP contribution < -0.4 is 0 Å². The summed E-state index contributed by atoms with van der Waals surface area (Å²) >= 11 is 0. The van der Waals surface area contributed by atoms with Gasteiger partial charge in [0.15, 0.2) is 0 Å². The highest BCUT2D eigenvalue weighted by Gasteiger charge is 2.26. The molecular weight excluding hydrogens is 132 g/mol. The van der Waals surface area contributed by atoms with Crippen molar-refractivity contribution >= 4 is 5.97 Å². The van der Waals surface area contributed by atoms with E-state index in [-0.39, 0.29) is 24.9 Å². The topological polar surface area (TPSA) is 46.5 Å². The Morgan fingerprint density at radius 1 is 1.80 bits per heavy atom. The predicted molar refractivity (Wildman–Crippen MR) is 35.3 cm³/mol. The second kappa shape index (κ2) is 2.84. The molecule has 1 aliphatic rings. The number of rotatable bonds is 1. The van der Waals surface area contributed by atoms with Crippen molar-refractivity contribution < 1.29 is 14.6 Å². The van der Waals surface area contributed by atoms with E-state index in [4.69, 9.17) is 5.11 Å². The summed E-state index contributed by atoms with van der Waals surface area (Å²) < 4.78 is 4.59. The molecule has 0 aromatic carbocycles. The van der Waals surface area contributed by atoms with Gasteiger partial charge in [-0.15, -0.1) is 6.58 Å². The SMILES string of the molecule is C=C[C@@H]1CC(=O)OC[C@H]1O. The van der Waals surface area contributed by atoms with E-state index in [9.17, 15) is 4.79 Å². The Balaban J connectivity index is 2.53. The van der Waals surface area contributed by atoms with Gasteiger partial charge >= 0.3 is 5.97 Å². The minimum atomic E-state index is -0.560. The first-order valence-electron chi connectivity index (χ1n) is 3.20. The van der Waals surface area contributed by atoms with Gasteiger partial charge in [-0.25, -0.2) is 0 Å². The van der Waals surface area contributed by atoms with Gasteiger partial charge in [0, 0.05) is 5.92 Å². The lowest BCUT2D eigenvalue weighted by Gasteiger charge is -2.23. The van der Waals surface area contributed by atoms with Gasteiger partial charge in [-0.05, 0) is 0 Å². The Bertz CT molecular complexity index is 153. The zero-order valence-electron chi connectivity index (χ0n) is 5.62. The van der Waals surface area contributed by atoms with Crippen LogP contribution in [0.5, 0.6) is 0 Å². The molecule has 0 radical (unpaired) electrons. The third-order valence-electron chi connectivity index (χ3n) is 1.61. The summed E-state index contributed by atoms with van der Waals surface area (Å²) in [7, 11) is 0. The third-order valence-corrected chi connectivity index (χ3v) is 1.61. The second-order valence-electron chi connectivity index (χ2n) is 2.35. The minimum absolute atomic E-state index is 0.107. The molecular formula is C7H10O3. The van der Waals surface area contributed by atoms with Crippen LogP contribution in [-0.2, 0) is 9.53 Å². The molecule has 1 rings (SSSR count). The molecule has 10 heavy (non-hydrogen) atoms. The lowest BCUT2D eigenvalue weighted by molar-refractivity contribution is -0.155. The highest BCUT2D eigenvalue weighted by molar-refractivity contribution is 5.70. The summed E-state index contributed by atoms with van der Waals surface area (Å²) in [5, 5.41) is 9.14. The summed E-state index contributed by atoms with van der Waals surface area (Å²) in [6.45, 7) is 3.61. The minimum Gasteiger partial charge on any atom is -0.463 e. The van der Waals surface area contributed by atoms with Gasteiger partial charge < -0.3 is 9.84 Å². The molecule has 0 saturated carbocycles. The maximum absolute atomic E-state index is 10.6. The van der Waals surface area contributed by atoms with Crippen LogP contribution >= 0.6 is 0 Å². The van der Waals surface area contributed by atoms with Crippen molar-refractivity contribution in [2.75, 3.05) is 6.61 Å². The molecule has 3 heteroatoms. The number of esters is 1. The zero-order chi connectivity index (χ0) is 7.56. The first-order chi connectivity index (χ1) is 4.74. The van der Waals surface area contributed by atoms with Crippen LogP contribution in [0.1, 0.15) is 6.42 Å². The molecule has 0 unspecified atom stereocenters. The average Bonchev–Trinajstić information content (AvgIpc) is 1.94. The summed E-state index contributed by atoms with van der Waals surface area (Å²) in [5.74, 6) is -0.378. The fourth-order valence-electron chi connectivity index (χ4n) is 0.930. The predicted octanol–water partition coefficient (Wildman–Crippen LogP) is 0.0964. The van der Waals surface area contributed by atoms with E-state index in [1.807, 2.05) is 0 Å². The number of hydrogen-bond acceptors (Lipinski definition) is 3. The van der Waals surface area contributed by atoms with Gasteiger partial charge in [-0.2, -0.15) is 0 Å². The Morgan fingerprint density at radius 2 is 2.50 bits per heavy atom. The van der Waals surface area contributed by atoms with Crippen LogP contribution in [-0.4, -0.2) is 23.8 Å². The number of cyclic esters (lactones) is 1. The van der Waals surface area contributed by atoms with Crippen LogP contribution in [0.25, 0.3) is 0 Å². The molecule has 1 fully saturated rings. The maximum Gasteiger partial charge on any atom is 0.306 e. The van der Waals surface area contributed by atoms with E-state index in [2.05, 4.69) is 11.3 Å². The van der Waals surface area contributed by atoms with Crippen LogP contribution in [0, 0.1) is 5.92 Å². The zero-order valence-corrected chi connectivity index (χ0v) is 5.62. The molecule has 0 spiro atoms. The molecule has 0 amide bonds. The van der Waals surface area contributed by atoms with Gasteiger partial charge in [0.2, 0.25) is 0 Å². The quantitative estimate of drug-likeness (QED) is 0.417. The number of aliphatic hydroxyl groups is 1. The summed E-state index contributed by atoms with van der Waals surface area (Å²) in [6.07, 6.45) is 1.28. The first-order valence-corrected chi connectivity index (χ1v) is 3.20. The van der Waals surface area contributed by atoms with Crippen LogP contribution in [0.15, 0.2) is 12.7 Å². The maximum atomic E-state index is 10.6. The van der Waals surface area contributed by atoms with Gasteiger partial charge in [0.1, 0.15) is 6.61 Å². The summed E-state index contributed by atoms with van der Waals surface area (Å²) in [5.41, 5.74) is 0. The molecule has 0 bridgehead atoms. The standard InChI is InChI=1S/C7H10O3/c1-2-5-3-7(9)10-4-6(5)8/h2,5-6,8H,1,3-4H2/t5-,6-/m1/s1. The van der Waals surface area contributed by atoms with Crippen molar-refractivity contribution in [3.63, 3.8) is 0 Å². The Hall–Kier alpha value is -0.830. The van der Waals surface area contributed by atoms with Crippen molar-refractivity contribution in [1.82, 2.24) is 0 Å². The normalized spacial score (nSPS) is 33.1. The highest BCUT2D eigenvalue weighted by atomic mass is 16.5. The number of carbonyl (C=O) groups is 1. The molecule has 3 nitrogen and oxygen atoms in total. The molecule has 1 N–H and O–H groups in total. The second-order valence-corrected chi connectivity index (χ2v) is 2.35. The Kier molecular flexibility index (Phi) is 2.06. The van der Waals surface area contributed by atoms with Crippen molar-refractivity contribution in [2.45, 2.75) is 12.5 Å². The molecule has 2 atom stereocenters. The molecule has 1 aliphatic heterocycles. The van der Waals surface area contributed by atoms with E-state index in [0.717, 1.165) is 0 Å². The van der Waals surface area contributed by atoms with Crippen molar-refractivity contribution in [3.8, 4) is 0 Å². The first kappa shape index (κ1) is 7.28. The molecule has 0 aromatic heterocycles. The monoisotopic (exact) mass is 142 g/mol. The number of hydrogen-bond donors (Lipinski definition) is 1. The van der Waals surface area contributed by atoms with E-state index >= 15 is 0 Å². The van der Waals surface area contributed by atoms with Crippen LogP contribution in [0.3, 0.4) is 0 Å². The van der Waals surface area contributed by atoms with E-state index in [0.29, 0.717) is 0 Å². The fourth-order valence-corrected chi connectivity index (χ4v) is 0.930. The number of ether oxygens (including phenoxy) is 1. The summed E-state index contributed by atoms with van der Waals surface area (Å²) in [4.78, 5) is 10.6. The van der Waals surface area contributed by atoms with E-state index < -0.39 is 6.10 Å². The lowest BCUT2D eigenvalue weighted by atomic mass is 9.97. The van der Waals surface area contributed by atoms with Gasteiger partial charge in [-0.1, -0.05) is 6.08 Å². The number of aliphatic hydroxyl groups excluding tert-OH is 1. The van der Waals surface area contributed by atoms with Crippen molar-refractivity contribution in [1.29, 1.82) is 0 Å². The molecule has 0 aromatic rings. The largest absolute Gasteiger partial charge is 0.463 e. The Morgan fingerprint density at radius 3 is 3.00 bits per heavy atom. The third kappa shape index (κ3) is 1.36.